The van der Waals surface area contributed by atoms with Crippen LogP contribution in [-0.4, -0.2) is 52.3 Å². The first-order valence-corrected chi connectivity index (χ1v) is 9.98. The molecule has 2 aromatic heterocycles. The van der Waals surface area contributed by atoms with Gasteiger partial charge in [0.05, 0.1) is 0 Å². The Balaban J connectivity index is 1.30. The minimum absolute atomic E-state index is 0.0727. The maximum absolute atomic E-state index is 12.5. The molecule has 8 nitrogen and oxygen atoms in total. The third kappa shape index (κ3) is 4.83. The van der Waals surface area contributed by atoms with Crippen LogP contribution < -0.4 is 15.5 Å². The molecule has 1 saturated heterocycles. The second-order valence-electron chi connectivity index (χ2n) is 7.40. The van der Waals surface area contributed by atoms with Gasteiger partial charge in [0.1, 0.15) is 5.82 Å². The summed E-state index contributed by atoms with van der Waals surface area (Å²) in [6.07, 6.45) is 1.80. The van der Waals surface area contributed by atoms with Crippen LogP contribution in [0.3, 0.4) is 0 Å². The molecule has 4 rings (SSSR count). The fourth-order valence-corrected chi connectivity index (χ4v) is 3.30. The standard InChI is InChI=1S/C22H25N7O/c1-16-4-3-5-18(14-16)24-22(30)29-12-10-28(11-13-29)21-9-8-20(26-27-21)25-19-7-6-17(2)15-23-19/h3-9,14-15H,10-13H2,1-2H3,(H,24,30)(H,23,25,26). The Morgan fingerprint density at radius 1 is 0.900 bits per heavy atom. The van der Waals surface area contributed by atoms with Gasteiger partial charge in [-0.1, -0.05) is 18.2 Å². The van der Waals surface area contributed by atoms with E-state index < -0.39 is 0 Å². The van der Waals surface area contributed by atoms with Crippen LogP contribution in [0.25, 0.3) is 0 Å². The predicted molar refractivity (Wildman–Crippen MR) is 118 cm³/mol. The summed E-state index contributed by atoms with van der Waals surface area (Å²) in [5.74, 6) is 2.18. The molecule has 0 aliphatic carbocycles. The van der Waals surface area contributed by atoms with Crippen LogP contribution in [0.5, 0.6) is 0 Å². The number of benzene rings is 1. The first kappa shape index (κ1) is 19.6. The predicted octanol–water partition coefficient (Wildman–Crippen LogP) is 3.59. The van der Waals surface area contributed by atoms with Gasteiger partial charge in [0.25, 0.3) is 0 Å². The van der Waals surface area contributed by atoms with Crippen molar-refractivity contribution >= 4 is 29.2 Å². The van der Waals surface area contributed by atoms with E-state index in [4.69, 9.17) is 0 Å². The number of aryl methyl sites for hydroxylation is 2. The highest BCUT2D eigenvalue weighted by molar-refractivity contribution is 5.89. The van der Waals surface area contributed by atoms with Crippen LogP contribution in [0.1, 0.15) is 11.1 Å². The van der Waals surface area contributed by atoms with Crippen molar-refractivity contribution in [2.45, 2.75) is 13.8 Å². The van der Waals surface area contributed by atoms with Crippen LogP contribution in [0.4, 0.5) is 27.9 Å². The van der Waals surface area contributed by atoms with E-state index in [1.165, 1.54) is 0 Å². The van der Waals surface area contributed by atoms with Gasteiger partial charge in [0.15, 0.2) is 11.6 Å². The molecule has 154 valence electrons. The first-order chi connectivity index (χ1) is 14.6. The Hall–Kier alpha value is -3.68. The lowest BCUT2D eigenvalue weighted by Crippen LogP contribution is -2.50. The molecule has 1 aromatic carbocycles. The highest BCUT2D eigenvalue weighted by Gasteiger charge is 2.22. The Morgan fingerprint density at radius 3 is 2.37 bits per heavy atom. The van der Waals surface area contributed by atoms with E-state index in [9.17, 15) is 4.79 Å². The summed E-state index contributed by atoms with van der Waals surface area (Å²) in [6.45, 7) is 6.69. The number of hydrogen-bond acceptors (Lipinski definition) is 6. The summed E-state index contributed by atoms with van der Waals surface area (Å²) in [7, 11) is 0. The summed E-state index contributed by atoms with van der Waals surface area (Å²) in [5.41, 5.74) is 3.04. The molecular formula is C22H25N7O. The second kappa shape index (κ2) is 8.77. The summed E-state index contributed by atoms with van der Waals surface area (Å²) < 4.78 is 0. The van der Waals surface area contributed by atoms with Gasteiger partial charge in [0, 0.05) is 38.1 Å². The topological polar surface area (TPSA) is 86.3 Å². The molecule has 8 heteroatoms. The number of pyridine rings is 1. The lowest BCUT2D eigenvalue weighted by Gasteiger charge is -2.35. The zero-order valence-electron chi connectivity index (χ0n) is 17.2. The van der Waals surface area contributed by atoms with E-state index in [-0.39, 0.29) is 6.03 Å². The minimum Gasteiger partial charge on any atom is -0.352 e. The van der Waals surface area contributed by atoms with E-state index >= 15 is 0 Å². The van der Waals surface area contributed by atoms with Crippen LogP contribution in [0, 0.1) is 13.8 Å². The number of rotatable bonds is 4. The number of amides is 2. The molecule has 30 heavy (non-hydrogen) atoms. The fraction of sp³-hybridized carbons (Fsp3) is 0.273. The molecule has 0 atom stereocenters. The van der Waals surface area contributed by atoms with Crippen molar-refractivity contribution in [3.05, 3.63) is 65.9 Å². The number of piperazine rings is 1. The van der Waals surface area contributed by atoms with E-state index in [1.54, 1.807) is 6.20 Å². The maximum Gasteiger partial charge on any atom is 0.321 e. The van der Waals surface area contributed by atoms with Crippen molar-refractivity contribution in [3.63, 3.8) is 0 Å². The van der Waals surface area contributed by atoms with Gasteiger partial charge in [-0.3, -0.25) is 0 Å². The van der Waals surface area contributed by atoms with Crippen LogP contribution in [0.2, 0.25) is 0 Å². The van der Waals surface area contributed by atoms with Crippen molar-refractivity contribution < 1.29 is 4.79 Å². The number of hydrogen-bond donors (Lipinski definition) is 2. The molecule has 1 aliphatic rings. The summed E-state index contributed by atoms with van der Waals surface area (Å²) in [6, 6.07) is 15.5. The normalized spacial score (nSPS) is 13.8. The summed E-state index contributed by atoms with van der Waals surface area (Å²) in [4.78, 5) is 20.8. The SMILES string of the molecule is Cc1ccc(Nc2ccc(N3CCN(C(=O)Nc4cccc(C)c4)CC3)nn2)nc1. The van der Waals surface area contributed by atoms with E-state index in [0.717, 1.165) is 28.5 Å². The Bertz CT molecular complexity index is 997. The molecule has 0 radical (unpaired) electrons. The van der Waals surface area contributed by atoms with E-state index in [2.05, 4.69) is 30.7 Å². The summed E-state index contributed by atoms with van der Waals surface area (Å²) in [5, 5.41) is 14.7. The molecule has 1 fully saturated rings. The average Bonchev–Trinajstić information content (AvgIpc) is 2.76. The fourth-order valence-electron chi connectivity index (χ4n) is 3.30. The number of carbonyl (C=O) groups excluding carboxylic acids is 1. The average molecular weight is 403 g/mol. The maximum atomic E-state index is 12.5. The highest BCUT2D eigenvalue weighted by Crippen LogP contribution is 2.17. The number of urea groups is 1. The number of nitrogens with one attached hydrogen (secondary N) is 2. The molecule has 2 amide bonds. The van der Waals surface area contributed by atoms with Gasteiger partial charge >= 0.3 is 6.03 Å². The van der Waals surface area contributed by atoms with Crippen molar-refractivity contribution in [3.8, 4) is 0 Å². The Labute approximate surface area is 176 Å². The molecular weight excluding hydrogens is 378 g/mol. The van der Waals surface area contributed by atoms with Crippen molar-refractivity contribution in [2.24, 2.45) is 0 Å². The lowest BCUT2D eigenvalue weighted by atomic mass is 10.2. The zero-order chi connectivity index (χ0) is 20.9. The molecule has 0 saturated carbocycles. The van der Waals surface area contributed by atoms with Gasteiger partial charge in [0.2, 0.25) is 0 Å². The van der Waals surface area contributed by atoms with Crippen LogP contribution in [0.15, 0.2) is 54.7 Å². The van der Waals surface area contributed by atoms with Crippen molar-refractivity contribution in [1.82, 2.24) is 20.1 Å². The van der Waals surface area contributed by atoms with Gasteiger partial charge in [-0.2, -0.15) is 0 Å². The highest BCUT2D eigenvalue weighted by atomic mass is 16.2. The molecule has 0 bridgehead atoms. The molecule has 2 N–H and O–H groups in total. The minimum atomic E-state index is -0.0727. The first-order valence-electron chi connectivity index (χ1n) is 9.98. The Morgan fingerprint density at radius 2 is 1.70 bits per heavy atom. The van der Waals surface area contributed by atoms with Crippen LogP contribution >= 0.6 is 0 Å². The molecule has 3 aromatic rings. The van der Waals surface area contributed by atoms with E-state index in [1.807, 2.05) is 67.3 Å². The molecule has 3 heterocycles. The largest absolute Gasteiger partial charge is 0.352 e. The van der Waals surface area contributed by atoms with Gasteiger partial charge < -0.3 is 20.4 Å². The number of aromatic nitrogens is 3. The van der Waals surface area contributed by atoms with Crippen LogP contribution in [-0.2, 0) is 0 Å². The van der Waals surface area contributed by atoms with Crippen molar-refractivity contribution in [2.75, 3.05) is 41.7 Å². The van der Waals surface area contributed by atoms with Gasteiger partial charge in [-0.05, 0) is 55.3 Å². The van der Waals surface area contributed by atoms with Gasteiger partial charge in [-0.15, -0.1) is 10.2 Å². The Kier molecular flexibility index (Phi) is 5.74. The monoisotopic (exact) mass is 403 g/mol. The zero-order valence-corrected chi connectivity index (χ0v) is 17.2. The lowest BCUT2D eigenvalue weighted by molar-refractivity contribution is 0.208. The number of carbonyl (C=O) groups is 1. The number of anilines is 4. The third-order valence-electron chi connectivity index (χ3n) is 4.98. The molecule has 0 unspecified atom stereocenters. The second-order valence-corrected chi connectivity index (χ2v) is 7.40. The van der Waals surface area contributed by atoms with Crippen molar-refractivity contribution in [1.29, 1.82) is 0 Å². The van der Waals surface area contributed by atoms with E-state index in [0.29, 0.717) is 32.0 Å². The molecule has 1 aliphatic heterocycles. The number of nitrogens with zero attached hydrogens (tertiary/aromatic N) is 5. The van der Waals surface area contributed by atoms with Gasteiger partial charge in [-0.25, -0.2) is 9.78 Å². The molecule has 0 spiro atoms. The quantitative estimate of drug-likeness (QED) is 0.692. The smallest absolute Gasteiger partial charge is 0.321 e. The summed E-state index contributed by atoms with van der Waals surface area (Å²) >= 11 is 0. The third-order valence-corrected chi connectivity index (χ3v) is 4.98.